The first-order valence-electron chi connectivity index (χ1n) is 6.03. The van der Waals surface area contributed by atoms with Crippen LogP contribution in [0.15, 0.2) is 18.2 Å². The van der Waals surface area contributed by atoms with Gasteiger partial charge in [-0.3, -0.25) is 4.79 Å². The molecule has 0 atom stereocenters. The molecule has 0 spiro atoms. The predicted octanol–water partition coefficient (Wildman–Crippen LogP) is 2.18. The first-order chi connectivity index (χ1) is 8.69. The Balaban J connectivity index is 2.49. The summed E-state index contributed by atoms with van der Waals surface area (Å²) in [6.07, 6.45) is 4.44. The molecule has 0 aliphatic heterocycles. The molecule has 18 heavy (non-hydrogen) atoms. The number of amides is 1. The molecular formula is C13H21N3OS. The van der Waals surface area contributed by atoms with Crippen LogP contribution in [0, 0.1) is 0 Å². The molecule has 0 bridgehead atoms. The number of rotatable bonds is 7. The molecule has 0 saturated heterocycles. The number of nitrogens with one attached hydrogen (secondary N) is 2. The van der Waals surface area contributed by atoms with Crippen LogP contribution in [0.5, 0.6) is 0 Å². The zero-order valence-electron chi connectivity index (χ0n) is 11.0. The second kappa shape index (κ2) is 7.87. The summed E-state index contributed by atoms with van der Waals surface area (Å²) in [6, 6.07) is 5.33. The van der Waals surface area contributed by atoms with Crippen molar-refractivity contribution in [2.24, 2.45) is 0 Å². The Morgan fingerprint density at radius 3 is 2.78 bits per heavy atom. The van der Waals surface area contributed by atoms with Crippen molar-refractivity contribution in [1.82, 2.24) is 5.32 Å². The summed E-state index contributed by atoms with van der Waals surface area (Å²) >= 11 is 1.86. The van der Waals surface area contributed by atoms with E-state index in [1.165, 1.54) is 12.2 Å². The molecule has 0 saturated carbocycles. The van der Waals surface area contributed by atoms with Crippen LogP contribution in [0.2, 0.25) is 0 Å². The quantitative estimate of drug-likeness (QED) is 0.523. The van der Waals surface area contributed by atoms with Crippen LogP contribution in [0.25, 0.3) is 0 Å². The van der Waals surface area contributed by atoms with Crippen LogP contribution < -0.4 is 16.4 Å². The first kappa shape index (κ1) is 14.7. The fourth-order valence-electron chi connectivity index (χ4n) is 1.60. The van der Waals surface area contributed by atoms with Crippen molar-refractivity contribution in [3.63, 3.8) is 0 Å². The lowest BCUT2D eigenvalue weighted by Gasteiger charge is -2.10. The average Bonchev–Trinajstić information content (AvgIpc) is 2.39. The number of hydrogen-bond donors (Lipinski definition) is 3. The molecule has 1 rings (SSSR count). The summed E-state index contributed by atoms with van der Waals surface area (Å²) in [6.45, 7) is 0.907. The van der Waals surface area contributed by atoms with Gasteiger partial charge in [-0.25, -0.2) is 0 Å². The van der Waals surface area contributed by atoms with Gasteiger partial charge in [-0.1, -0.05) is 0 Å². The lowest BCUT2D eigenvalue weighted by Crippen LogP contribution is -2.18. The van der Waals surface area contributed by atoms with Crippen molar-refractivity contribution >= 4 is 29.0 Å². The van der Waals surface area contributed by atoms with E-state index in [4.69, 9.17) is 5.73 Å². The van der Waals surface area contributed by atoms with E-state index in [0.717, 1.165) is 18.7 Å². The second-order valence-corrected chi connectivity index (χ2v) is 4.99. The number of anilines is 2. The number of hydrogen-bond acceptors (Lipinski definition) is 4. The van der Waals surface area contributed by atoms with Gasteiger partial charge in [0.05, 0.1) is 11.4 Å². The van der Waals surface area contributed by atoms with E-state index in [1.54, 1.807) is 19.2 Å². The van der Waals surface area contributed by atoms with E-state index < -0.39 is 0 Å². The summed E-state index contributed by atoms with van der Waals surface area (Å²) in [7, 11) is 1.61. The molecule has 1 aromatic rings. The molecule has 0 radical (unpaired) electrons. The van der Waals surface area contributed by atoms with Crippen molar-refractivity contribution in [3.05, 3.63) is 23.8 Å². The highest BCUT2D eigenvalue weighted by molar-refractivity contribution is 7.98. The Morgan fingerprint density at radius 2 is 2.17 bits per heavy atom. The molecule has 1 aromatic carbocycles. The molecule has 4 N–H and O–H groups in total. The molecule has 5 heteroatoms. The summed E-state index contributed by atoms with van der Waals surface area (Å²) in [5.41, 5.74) is 8.00. The standard InChI is InChI=1S/C13H21N3OS/c1-15-13(17)10-5-6-12(11(14)9-10)16-7-3-4-8-18-2/h5-6,9,16H,3-4,7-8,14H2,1-2H3,(H,15,17). The van der Waals surface area contributed by atoms with Gasteiger partial charge in [0.25, 0.3) is 5.91 Å². The van der Waals surface area contributed by atoms with Crippen LogP contribution in [-0.4, -0.2) is 31.5 Å². The maximum absolute atomic E-state index is 11.4. The normalized spacial score (nSPS) is 10.1. The molecule has 0 unspecified atom stereocenters. The van der Waals surface area contributed by atoms with Crippen LogP contribution in [0.3, 0.4) is 0 Å². The summed E-state index contributed by atoms with van der Waals surface area (Å²) < 4.78 is 0. The summed E-state index contributed by atoms with van der Waals surface area (Å²) in [4.78, 5) is 11.4. The minimum Gasteiger partial charge on any atom is -0.397 e. The fourth-order valence-corrected chi connectivity index (χ4v) is 2.10. The summed E-state index contributed by atoms with van der Waals surface area (Å²) in [5, 5.41) is 5.87. The maximum atomic E-state index is 11.4. The molecule has 0 aliphatic rings. The highest BCUT2D eigenvalue weighted by atomic mass is 32.2. The molecule has 0 fully saturated rings. The molecule has 0 heterocycles. The second-order valence-electron chi connectivity index (χ2n) is 4.01. The lowest BCUT2D eigenvalue weighted by atomic mass is 10.1. The topological polar surface area (TPSA) is 67.2 Å². The molecule has 1 amide bonds. The average molecular weight is 267 g/mol. The van der Waals surface area contributed by atoms with Crippen molar-refractivity contribution in [3.8, 4) is 0 Å². The number of benzene rings is 1. The molecule has 100 valence electrons. The molecule has 0 aliphatic carbocycles. The Labute approximate surface area is 113 Å². The molecule has 4 nitrogen and oxygen atoms in total. The van der Waals surface area contributed by atoms with Crippen LogP contribution in [0.4, 0.5) is 11.4 Å². The molecular weight excluding hydrogens is 246 g/mol. The van der Waals surface area contributed by atoms with E-state index in [2.05, 4.69) is 16.9 Å². The van der Waals surface area contributed by atoms with Gasteiger partial charge in [-0.05, 0) is 43.0 Å². The maximum Gasteiger partial charge on any atom is 0.251 e. The number of carbonyl (C=O) groups excluding carboxylic acids is 1. The third kappa shape index (κ3) is 4.49. The third-order valence-electron chi connectivity index (χ3n) is 2.63. The fraction of sp³-hybridized carbons (Fsp3) is 0.462. The Kier molecular flexibility index (Phi) is 6.43. The van der Waals surface area contributed by atoms with E-state index in [9.17, 15) is 4.79 Å². The summed E-state index contributed by atoms with van der Waals surface area (Å²) in [5.74, 6) is 1.07. The van der Waals surface area contributed by atoms with Gasteiger partial charge in [0.2, 0.25) is 0 Å². The number of nitrogens with two attached hydrogens (primary N) is 1. The first-order valence-corrected chi connectivity index (χ1v) is 7.43. The zero-order valence-corrected chi connectivity index (χ0v) is 11.8. The van der Waals surface area contributed by atoms with Crippen molar-refractivity contribution in [2.45, 2.75) is 12.8 Å². The van der Waals surface area contributed by atoms with Gasteiger partial charge in [-0.15, -0.1) is 0 Å². The van der Waals surface area contributed by atoms with Gasteiger partial charge in [0, 0.05) is 19.2 Å². The van der Waals surface area contributed by atoms with E-state index in [-0.39, 0.29) is 5.91 Å². The van der Waals surface area contributed by atoms with E-state index >= 15 is 0 Å². The Morgan fingerprint density at radius 1 is 1.39 bits per heavy atom. The highest BCUT2D eigenvalue weighted by Crippen LogP contribution is 2.20. The number of carbonyl (C=O) groups is 1. The van der Waals surface area contributed by atoms with Gasteiger partial charge < -0.3 is 16.4 Å². The Hall–Kier alpha value is -1.36. The minimum atomic E-state index is -0.117. The highest BCUT2D eigenvalue weighted by Gasteiger charge is 2.05. The SMILES string of the molecule is CNC(=O)c1ccc(NCCCCSC)c(N)c1. The van der Waals surface area contributed by atoms with E-state index in [1.807, 2.05) is 17.8 Å². The Bertz CT molecular complexity index is 396. The van der Waals surface area contributed by atoms with Gasteiger partial charge in [0.15, 0.2) is 0 Å². The number of thioether (sulfide) groups is 1. The zero-order chi connectivity index (χ0) is 13.4. The largest absolute Gasteiger partial charge is 0.397 e. The van der Waals surface area contributed by atoms with Crippen molar-refractivity contribution in [1.29, 1.82) is 0 Å². The monoisotopic (exact) mass is 267 g/mol. The minimum absolute atomic E-state index is 0.117. The van der Waals surface area contributed by atoms with Crippen LogP contribution >= 0.6 is 11.8 Å². The van der Waals surface area contributed by atoms with Gasteiger partial charge >= 0.3 is 0 Å². The predicted molar refractivity (Wildman–Crippen MR) is 80.4 cm³/mol. The van der Waals surface area contributed by atoms with Gasteiger partial charge in [0.1, 0.15) is 0 Å². The lowest BCUT2D eigenvalue weighted by molar-refractivity contribution is 0.0963. The van der Waals surface area contributed by atoms with Crippen molar-refractivity contribution in [2.75, 3.05) is 36.7 Å². The van der Waals surface area contributed by atoms with Crippen LogP contribution in [-0.2, 0) is 0 Å². The van der Waals surface area contributed by atoms with E-state index in [0.29, 0.717) is 11.3 Å². The van der Waals surface area contributed by atoms with Crippen LogP contribution in [0.1, 0.15) is 23.2 Å². The number of nitrogen functional groups attached to an aromatic ring is 1. The van der Waals surface area contributed by atoms with Crippen molar-refractivity contribution < 1.29 is 4.79 Å². The molecule has 0 aromatic heterocycles. The van der Waals surface area contributed by atoms with Gasteiger partial charge in [-0.2, -0.15) is 11.8 Å². The number of unbranched alkanes of at least 4 members (excludes halogenated alkanes) is 1. The third-order valence-corrected chi connectivity index (χ3v) is 3.33. The smallest absolute Gasteiger partial charge is 0.251 e.